The molecule has 0 radical (unpaired) electrons. The van der Waals surface area contributed by atoms with Crippen molar-refractivity contribution in [3.8, 4) is 0 Å². The highest BCUT2D eigenvalue weighted by Gasteiger charge is 2.28. The van der Waals surface area contributed by atoms with Gasteiger partial charge in [0, 0.05) is 27.2 Å². The molecule has 148 valence electrons. The number of carbonyl (C=O) groups excluding carboxylic acids is 2. The summed E-state index contributed by atoms with van der Waals surface area (Å²) in [5.74, 6) is -1.01. The number of esters is 1. The van der Waals surface area contributed by atoms with Gasteiger partial charge in [0.05, 0.1) is 10.5 Å². The molecule has 0 aliphatic carbocycles. The molecular formula is C20H22N2O5S. The molecule has 1 heterocycles. The quantitative estimate of drug-likeness (QED) is 0.711. The van der Waals surface area contributed by atoms with E-state index in [2.05, 4.69) is 0 Å². The second kappa shape index (κ2) is 8.12. The van der Waals surface area contributed by atoms with Crippen LogP contribution < -0.4 is 0 Å². The molecule has 1 amide bonds. The summed E-state index contributed by atoms with van der Waals surface area (Å²) < 4.78 is 32.2. The van der Waals surface area contributed by atoms with Crippen LogP contribution in [0.3, 0.4) is 0 Å². The van der Waals surface area contributed by atoms with Crippen LogP contribution >= 0.6 is 0 Å². The zero-order valence-electron chi connectivity index (χ0n) is 15.8. The standard InChI is InChI=1S/C20H22N2O5S/c1-21(2)19(23)14-27-20(24)16-7-9-18(10-8-16)28(25,26)22-12-11-15-5-3-4-6-17(15)13-22/h3-10H,11-14H2,1-2H3. The maximum atomic E-state index is 12.9. The van der Waals surface area contributed by atoms with E-state index in [1.165, 1.54) is 39.0 Å². The van der Waals surface area contributed by atoms with Gasteiger partial charge in [0.25, 0.3) is 5.91 Å². The first kappa shape index (κ1) is 20.0. The highest BCUT2D eigenvalue weighted by atomic mass is 32.2. The zero-order chi connectivity index (χ0) is 20.3. The lowest BCUT2D eigenvalue weighted by Gasteiger charge is -2.28. The molecule has 0 spiro atoms. The third kappa shape index (κ3) is 4.23. The van der Waals surface area contributed by atoms with Gasteiger partial charge < -0.3 is 9.64 Å². The van der Waals surface area contributed by atoms with Gasteiger partial charge in [-0.3, -0.25) is 4.79 Å². The van der Waals surface area contributed by atoms with Crippen LogP contribution in [0.25, 0.3) is 0 Å². The minimum atomic E-state index is -3.66. The summed E-state index contributed by atoms with van der Waals surface area (Å²) in [6.07, 6.45) is 0.666. The van der Waals surface area contributed by atoms with Crippen LogP contribution in [0.1, 0.15) is 21.5 Å². The van der Waals surface area contributed by atoms with E-state index in [0.29, 0.717) is 19.5 Å². The van der Waals surface area contributed by atoms with Gasteiger partial charge in [-0.25, -0.2) is 13.2 Å². The molecule has 1 aliphatic heterocycles. The molecule has 0 fully saturated rings. The lowest BCUT2D eigenvalue weighted by Crippen LogP contribution is -2.35. The van der Waals surface area contributed by atoms with Crippen molar-refractivity contribution >= 4 is 21.9 Å². The van der Waals surface area contributed by atoms with E-state index in [9.17, 15) is 18.0 Å². The third-order valence-corrected chi connectivity index (χ3v) is 6.51. The number of amides is 1. The molecule has 0 aromatic heterocycles. The lowest BCUT2D eigenvalue weighted by atomic mass is 10.0. The number of hydrogen-bond donors (Lipinski definition) is 0. The van der Waals surface area contributed by atoms with Crippen LogP contribution in [0.5, 0.6) is 0 Å². The summed E-state index contributed by atoms with van der Waals surface area (Å²) >= 11 is 0. The Hall–Kier alpha value is -2.71. The van der Waals surface area contributed by atoms with Crippen molar-refractivity contribution in [3.63, 3.8) is 0 Å². The Balaban J connectivity index is 1.70. The van der Waals surface area contributed by atoms with Crippen LogP contribution in [0.2, 0.25) is 0 Å². The van der Waals surface area contributed by atoms with E-state index < -0.39 is 16.0 Å². The smallest absolute Gasteiger partial charge is 0.338 e. The summed E-state index contributed by atoms with van der Waals surface area (Å²) in [5, 5.41) is 0. The third-order valence-electron chi connectivity index (χ3n) is 4.65. The Bertz CT molecular complexity index is 984. The van der Waals surface area contributed by atoms with Crippen molar-refractivity contribution in [2.75, 3.05) is 27.2 Å². The molecule has 0 saturated heterocycles. The van der Waals surface area contributed by atoms with Gasteiger partial charge in [-0.05, 0) is 41.8 Å². The molecule has 2 aromatic carbocycles. The van der Waals surface area contributed by atoms with Gasteiger partial charge in [-0.15, -0.1) is 0 Å². The van der Waals surface area contributed by atoms with E-state index in [1.54, 1.807) is 14.1 Å². The second-order valence-corrected chi connectivity index (χ2v) is 8.68. The Morgan fingerprint density at radius 3 is 2.32 bits per heavy atom. The number of ether oxygens (including phenoxy) is 1. The molecule has 0 unspecified atom stereocenters. The number of carbonyl (C=O) groups is 2. The van der Waals surface area contributed by atoms with Crippen molar-refractivity contribution in [1.82, 2.24) is 9.21 Å². The fraction of sp³-hybridized carbons (Fsp3) is 0.300. The maximum absolute atomic E-state index is 12.9. The van der Waals surface area contributed by atoms with Crippen LogP contribution in [-0.4, -0.2) is 56.7 Å². The Labute approximate surface area is 164 Å². The number of nitrogens with zero attached hydrogens (tertiary/aromatic N) is 2. The first-order valence-corrected chi connectivity index (χ1v) is 10.3. The molecule has 7 nitrogen and oxygen atoms in total. The fourth-order valence-corrected chi connectivity index (χ4v) is 4.35. The number of sulfonamides is 1. The number of hydrogen-bond acceptors (Lipinski definition) is 5. The average molecular weight is 402 g/mol. The van der Waals surface area contributed by atoms with E-state index in [1.807, 2.05) is 24.3 Å². The monoisotopic (exact) mass is 402 g/mol. The summed E-state index contributed by atoms with van der Waals surface area (Å²) in [6, 6.07) is 13.4. The predicted octanol–water partition coefficient (Wildman–Crippen LogP) is 1.68. The largest absolute Gasteiger partial charge is 0.452 e. The second-order valence-electron chi connectivity index (χ2n) is 6.75. The molecule has 2 aromatic rings. The zero-order valence-corrected chi connectivity index (χ0v) is 16.6. The Morgan fingerprint density at radius 2 is 1.68 bits per heavy atom. The van der Waals surface area contributed by atoms with E-state index in [0.717, 1.165) is 5.56 Å². The van der Waals surface area contributed by atoms with Crippen molar-refractivity contribution < 1.29 is 22.7 Å². The lowest BCUT2D eigenvalue weighted by molar-refractivity contribution is -0.131. The van der Waals surface area contributed by atoms with Gasteiger partial charge in [0.15, 0.2) is 6.61 Å². The SMILES string of the molecule is CN(C)C(=O)COC(=O)c1ccc(S(=O)(=O)N2CCc3ccccc3C2)cc1. The number of fused-ring (bicyclic) bond motifs is 1. The van der Waals surface area contributed by atoms with Crippen LogP contribution in [0.4, 0.5) is 0 Å². The van der Waals surface area contributed by atoms with E-state index >= 15 is 0 Å². The number of benzene rings is 2. The highest BCUT2D eigenvalue weighted by Crippen LogP contribution is 2.25. The van der Waals surface area contributed by atoms with Gasteiger partial charge in [-0.1, -0.05) is 24.3 Å². The van der Waals surface area contributed by atoms with Crippen molar-refractivity contribution in [3.05, 3.63) is 65.2 Å². The molecule has 8 heteroatoms. The summed E-state index contributed by atoms with van der Waals surface area (Å²) in [7, 11) is -0.535. The fourth-order valence-electron chi connectivity index (χ4n) is 2.93. The minimum Gasteiger partial charge on any atom is -0.452 e. The summed E-state index contributed by atoms with van der Waals surface area (Å²) in [4.78, 5) is 24.9. The van der Waals surface area contributed by atoms with E-state index in [-0.39, 0.29) is 23.0 Å². The first-order valence-electron chi connectivity index (χ1n) is 8.83. The number of rotatable bonds is 5. The summed E-state index contributed by atoms with van der Waals surface area (Å²) in [5.41, 5.74) is 2.36. The van der Waals surface area contributed by atoms with Crippen molar-refractivity contribution in [1.29, 1.82) is 0 Å². The normalized spacial score (nSPS) is 14.2. The molecule has 0 N–H and O–H groups in total. The topological polar surface area (TPSA) is 84.0 Å². The molecule has 0 saturated carbocycles. The Morgan fingerprint density at radius 1 is 1.04 bits per heavy atom. The molecule has 0 atom stereocenters. The van der Waals surface area contributed by atoms with Crippen LogP contribution in [0, 0.1) is 0 Å². The Kier molecular flexibility index (Phi) is 5.81. The first-order chi connectivity index (χ1) is 13.3. The molecule has 3 rings (SSSR count). The molecule has 1 aliphatic rings. The molecule has 0 bridgehead atoms. The molecular weight excluding hydrogens is 380 g/mol. The molecule has 28 heavy (non-hydrogen) atoms. The maximum Gasteiger partial charge on any atom is 0.338 e. The van der Waals surface area contributed by atoms with Crippen LogP contribution in [0.15, 0.2) is 53.4 Å². The van der Waals surface area contributed by atoms with Crippen molar-refractivity contribution in [2.45, 2.75) is 17.9 Å². The van der Waals surface area contributed by atoms with Crippen molar-refractivity contribution in [2.24, 2.45) is 0 Å². The average Bonchev–Trinajstić information content (AvgIpc) is 2.71. The van der Waals surface area contributed by atoms with Gasteiger partial charge in [-0.2, -0.15) is 4.31 Å². The van der Waals surface area contributed by atoms with Gasteiger partial charge >= 0.3 is 5.97 Å². The minimum absolute atomic E-state index is 0.118. The number of likely N-dealkylation sites (N-methyl/N-ethyl adjacent to an activating group) is 1. The van der Waals surface area contributed by atoms with Gasteiger partial charge in [0.1, 0.15) is 0 Å². The highest BCUT2D eigenvalue weighted by molar-refractivity contribution is 7.89. The van der Waals surface area contributed by atoms with Gasteiger partial charge in [0.2, 0.25) is 10.0 Å². The van der Waals surface area contributed by atoms with Crippen LogP contribution in [-0.2, 0) is 32.5 Å². The predicted molar refractivity (Wildman–Crippen MR) is 103 cm³/mol. The van der Waals surface area contributed by atoms with E-state index in [4.69, 9.17) is 4.74 Å². The summed E-state index contributed by atoms with van der Waals surface area (Å²) in [6.45, 7) is 0.379.